The summed E-state index contributed by atoms with van der Waals surface area (Å²) in [6.45, 7) is 3.06. The van der Waals surface area contributed by atoms with Gasteiger partial charge in [0.25, 0.3) is 0 Å². The molecule has 0 aliphatic carbocycles. The summed E-state index contributed by atoms with van der Waals surface area (Å²) in [6, 6.07) is 6.35. The molecule has 0 fully saturated rings. The second kappa shape index (κ2) is 9.53. The van der Waals surface area contributed by atoms with Gasteiger partial charge in [0.05, 0.1) is 5.69 Å². The summed E-state index contributed by atoms with van der Waals surface area (Å²) in [6.07, 6.45) is -1.59. The van der Waals surface area contributed by atoms with Gasteiger partial charge in [-0.1, -0.05) is 22.0 Å². The molecule has 2 amide bonds. The number of benzene rings is 1. The van der Waals surface area contributed by atoms with Gasteiger partial charge in [-0.15, -0.1) is 11.6 Å². The van der Waals surface area contributed by atoms with E-state index in [1.807, 2.05) is 6.92 Å². The van der Waals surface area contributed by atoms with Crippen molar-refractivity contribution >= 4 is 45.4 Å². The van der Waals surface area contributed by atoms with E-state index in [0.717, 1.165) is 4.90 Å². The molecule has 0 saturated heterocycles. The number of rotatable bonds is 7. The number of hydrogen-bond donors (Lipinski definition) is 1. The van der Waals surface area contributed by atoms with Crippen LogP contribution < -0.4 is 9.64 Å². The van der Waals surface area contributed by atoms with Crippen molar-refractivity contribution in [2.75, 3.05) is 35.7 Å². The topological polar surface area (TPSA) is 70.1 Å². The summed E-state index contributed by atoms with van der Waals surface area (Å²) in [5.41, 5.74) is 0.405. The Morgan fingerprint density at radius 2 is 2.09 bits per heavy atom. The fourth-order valence-electron chi connectivity index (χ4n) is 1.78. The number of ether oxygens (including phenoxy) is 1. The van der Waals surface area contributed by atoms with Crippen molar-refractivity contribution in [3.8, 4) is 5.75 Å². The molecule has 0 aromatic heterocycles. The predicted octanol–water partition coefficient (Wildman–Crippen LogP) is 3.63. The van der Waals surface area contributed by atoms with Crippen molar-refractivity contribution in [1.29, 1.82) is 0 Å². The van der Waals surface area contributed by atoms with Crippen LogP contribution >= 0.6 is 27.5 Å². The minimum atomic E-state index is -1.11. The van der Waals surface area contributed by atoms with Crippen LogP contribution in [0.25, 0.3) is 0 Å². The van der Waals surface area contributed by atoms with Gasteiger partial charge >= 0.3 is 12.2 Å². The summed E-state index contributed by atoms with van der Waals surface area (Å²) in [5, 5.41) is 9.82. The lowest BCUT2D eigenvalue weighted by molar-refractivity contribution is 0.158. The highest BCUT2D eigenvalue weighted by Gasteiger charge is 2.16. The Morgan fingerprint density at radius 3 is 2.64 bits per heavy atom. The number of amides is 2. The second-order valence-corrected chi connectivity index (χ2v) is 5.43. The van der Waals surface area contributed by atoms with E-state index in [1.54, 1.807) is 18.2 Å². The fourth-order valence-corrected chi connectivity index (χ4v) is 2.38. The number of anilines is 1. The molecule has 6 nitrogen and oxygen atoms in total. The molecule has 0 heterocycles. The van der Waals surface area contributed by atoms with Gasteiger partial charge in [-0.05, 0) is 19.1 Å². The molecule has 1 aromatic rings. The van der Waals surface area contributed by atoms with E-state index in [1.165, 1.54) is 11.0 Å². The van der Waals surface area contributed by atoms with Gasteiger partial charge < -0.3 is 14.7 Å². The predicted molar refractivity (Wildman–Crippen MR) is 89.6 cm³/mol. The Morgan fingerprint density at radius 1 is 1.36 bits per heavy atom. The Labute approximate surface area is 142 Å². The van der Waals surface area contributed by atoms with Crippen LogP contribution in [0, 0.1) is 0 Å². The van der Waals surface area contributed by atoms with Crippen LogP contribution in [-0.4, -0.2) is 53.0 Å². The summed E-state index contributed by atoms with van der Waals surface area (Å²) in [7, 11) is 0. The molecule has 1 aromatic carbocycles. The summed E-state index contributed by atoms with van der Waals surface area (Å²) < 4.78 is 5.28. The maximum absolute atomic E-state index is 12.0. The molecule has 8 heteroatoms. The molecule has 0 bridgehead atoms. The normalized spacial score (nSPS) is 10.1. The van der Waals surface area contributed by atoms with Crippen molar-refractivity contribution in [3.05, 3.63) is 24.3 Å². The maximum Gasteiger partial charge on any atom is 0.415 e. The largest absolute Gasteiger partial charge is 0.465 e. The number of hydrogen-bond acceptors (Lipinski definition) is 3. The van der Waals surface area contributed by atoms with Crippen LogP contribution in [-0.2, 0) is 0 Å². The van der Waals surface area contributed by atoms with Crippen molar-refractivity contribution < 1.29 is 19.4 Å². The van der Waals surface area contributed by atoms with Gasteiger partial charge in [-0.2, -0.15) is 0 Å². The highest BCUT2D eigenvalue weighted by molar-refractivity contribution is 9.09. The van der Waals surface area contributed by atoms with E-state index in [9.17, 15) is 14.7 Å². The van der Waals surface area contributed by atoms with E-state index >= 15 is 0 Å². The van der Waals surface area contributed by atoms with Crippen LogP contribution in [0.1, 0.15) is 6.92 Å². The van der Waals surface area contributed by atoms with E-state index in [4.69, 9.17) is 16.3 Å². The average Bonchev–Trinajstić information content (AvgIpc) is 2.50. The SMILES string of the molecule is CCN(CCBr)C(=O)Oc1cccc(N(CCCl)C(=O)O)c1. The van der Waals surface area contributed by atoms with Crippen LogP contribution in [0.2, 0.25) is 0 Å². The smallest absolute Gasteiger partial charge is 0.415 e. The molecule has 0 aliphatic rings. The minimum absolute atomic E-state index is 0.152. The lowest BCUT2D eigenvalue weighted by atomic mass is 10.3. The van der Waals surface area contributed by atoms with Gasteiger partial charge in [-0.25, -0.2) is 9.59 Å². The summed E-state index contributed by atoms with van der Waals surface area (Å²) >= 11 is 8.88. The van der Waals surface area contributed by atoms with Gasteiger partial charge in [0, 0.05) is 36.9 Å². The standard InChI is InChI=1S/C14H18BrClN2O4/c1-2-17(8-6-15)14(21)22-12-5-3-4-11(10-12)18(9-7-16)13(19)20/h3-5,10H,2,6-9H2,1H3,(H,19,20). The molecule has 1 rings (SSSR count). The van der Waals surface area contributed by atoms with Crippen LogP contribution in [0.3, 0.4) is 0 Å². The number of carboxylic acid groups (broad SMARTS) is 1. The summed E-state index contributed by atoms with van der Waals surface area (Å²) in [5.74, 6) is 0.460. The van der Waals surface area contributed by atoms with Crippen molar-refractivity contribution in [1.82, 2.24) is 4.90 Å². The van der Waals surface area contributed by atoms with Crippen LogP contribution in [0.5, 0.6) is 5.75 Å². The lowest BCUT2D eigenvalue weighted by Crippen LogP contribution is -2.35. The third kappa shape index (κ3) is 5.38. The molecule has 0 radical (unpaired) electrons. The minimum Gasteiger partial charge on any atom is -0.465 e. The first-order valence-electron chi connectivity index (χ1n) is 6.72. The third-order valence-electron chi connectivity index (χ3n) is 2.87. The number of alkyl halides is 2. The van der Waals surface area contributed by atoms with Crippen molar-refractivity contribution in [2.45, 2.75) is 6.92 Å². The van der Waals surface area contributed by atoms with Gasteiger partial charge in [0.15, 0.2) is 0 Å². The molecule has 1 N–H and O–H groups in total. The maximum atomic E-state index is 12.0. The Balaban J connectivity index is 2.87. The van der Waals surface area contributed by atoms with E-state index < -0.39 is 12.2 Å². The van der Waals surface area contributed by atoms with Gasteiger partial charge in [-0.3, -0.25) is 4.90 Å². The zero-order valence-corrected chi connectivity index (χ0v) is 14.5. The number of halogens is 2. The average molecular weight is 394 g/mol. The zero-order valence-electron chi connectivity index (χ0n) is 12.2. The quantitative estimate of drug-likeness (QED) is 0.718. The molecule has 0 atom stereocenters. The van der Waals surface area contributed by atoms with Crippen LogP contribution in [0.4, 0.5) is 15.3 Å². The van der Waals surface area contributed by atoms with E-state index in [-0.39, 0.29) is 18.2 Å². The van der Waals surface area contributed by atoms with Crippen molar-refractivity contribution in [2.24, 2.45) is 0 Å². The number of nitrogens with zero attached hydrogens (tertiary/aromatic N) is 2. The van der Waals surface area contributed by atoms with Gasteiger partial charge in [0.2, 0.25) is 0 Å². The monoisotopic (exact) mass is 392 g/mol. The Bertz CT molecular complexity index is 515. The number of carbonyl (C=O) groups is 2. The second-order valence-electron chi connectivity index (χ2n) is 4.26. The number of carbonyl (C=O) groups excluding carboxylic acids is 1. The highest BCUT2D eigenvalue weighted by Crippen LogP contribution is 2.22. The molecular weight excluding hydrogens is 376 g/mol. The third-order valence-corrected chi connectivity index (χ3v) is 3.39. The van der Waals surface area contributed by atoms with Crippen LogP contribution in [0.15, 0.2) is 24.3 Å². The molecule has 22 heavy (non-hydrogen) atoms. The first-order valence-corrected chi connectivity index (χ1v) is 8.38. The molecule has 0 unspecified atom stereocenters. The van der Waals surface area contributed by atoms with Crippen molar-refractivity contribution in [3.63, 3.8) is 0 Å². The molecular formula is C14H18BrClN2O4. The molecule has 122 valence electrons. The highest BCUT2D eigenvalue weighted by atomic mass is 79.9. The van der Waals surface area contributed by atoms with E-state index in [0.29, 0.717) is 24.1 Å². The Hall–Kier alpha value is -1.47. The first-order chi connectivity index (χ1) is 10.5. The lowest BCUT2D eigenvalue weighted by Gasteiger charge is -2.21. The zero-order chi connectivity index (χ0) is 16.5. The fraction of sp³-hybridized carbons (Fsp3) is 0.429. The molecule has 0 aliphatic heterocycles. The molecule has 0 spiro atoms. The first kappa shape index (κ1) is 18.6. The molecule has 0 saturated carbocycles. The van der Waals surface area contributed by atoms with Gasteiger partial charge in [0.1, 0.15) is 5.75 Å². The summed E-state index contributed by atoms with van der Waals surface area (Å²) in [4.78, 5) is 25.8. The Kier molecular flexibility index (Phi) is 8.05. The van der Waals surface area contributed by atoms with E-state index in [2.05, 4.69) is 15.9 Å².